The first-order valence-corrected chi connectivity index (χ1v) is 5.62. The van der Waals surface area contributed by atoms with Gasteiger partial charge in [-0.3, -0.25) is 4.79 Å². The fraction of sp³-hybridized carbons (Fsp3) is 0.462. The van der Waals surface area contributed by atoms with E-state index in [-0.39, 0.29) is 11.9 Å². The van der Waals surface area contributed by atoms with Gasteiger partial charge in [-0.1, -0.05) is 26.0 Å². The van der Waals surface area contributed by atoms with Crippen molar-refractivity contribution in [2.45, 2.75) is 39.8 Å². The molecule has 0 aliphatic rings. The largest absolute Gasteiger partial charge is 0.326 e. The van der Waals surface area contributed by atoms with Gasteiger partial charge in [-0.15, -0.1) is 0 Å². The summed E-state index contributed by atoms with van der Waals surface area (Å²) < 4.78 is 0. The van der Waals surface area contributed by atoms with Crippen molar-refractivity contribution in [1.82, 2.24) is 5.32 Å². The molecule has 16 heavy (non-hydrogen) atoms. The van der Waals surface area contributed by atoms with E-state index in [1.165, 1.54) is 12.5 Å². The number of hydrogen-bond acceptors (Lipinski definition) is 2. The van der Waals surface area contributed by atoms with E-state index >= 15 is 0 Å². The van der Waals surface area contributed by atoms with Crippen LogP contribution < -0.4 is 10.6 Å². The zero-order valence-corrected chi connectivity index (χ0v) is 10.4. The smallest absolute Gasteiger partial charge is 0.221 e. The predicted octanol–water partition coefficient (Wildman–Crippen LogP) is 2.70. The molecule has 0 saturated carbocycles. The van der Waals surface area contributed by atoms with Gasteiger partial charge in [0.05, 0.1) is 0 Å². The number of amides is 1. The van der Waals surface area contributed by atoms with Crippen molar-refractivity contribution in [3.8, 4) is 0 Å². The van der Waals surface area contributed by atoms with Gasteiger partial charge < -0.3 is 10.6 Å². The first-order chi connectivity index (χ1) is 7.49. The summed E-state index contributed by atoms with van der Waals surface area (Å²) in [6.07, 6.45) is 0. The van der Waals surface area contributed by atoms with Crippen molar-refractivity contribution in [3.63, 3.8) is 0 Å². The van der Waals surface area contributed by atoms with Crippen LogP contribution in [-0.4, -0.2) is 11.9 Å². The van der Waals surface area contributed by atoms with Crippen molar-refractivity contribution in [2.75, 3.05) is 5.32 Å². The zero-order valence-electron chi connectivity index (χ0n) is 10.4. The Labute approximate surface area is 97.2 Å². The third kappa shape index (κ3) is 4.03. The second kappa shape index (κ2) is 5.66. The average molecular weight is 220 g/mol. The Balaban J connectivity index is 2.77. The number of carbonyl (C=O) groups excluding carboxylic acids is 1. The van der Waals surface area contributed by atoms with E-state index in [9.17, 15) is 4.79 Å². The van der Waals surface area contributed by atoms with E-state index in [0.29, 0.717) is 6.04 Å². The molecule has 1 amide bonds. The van der Waals surface area contributed by atoms with Gasteiger partial charge in [0.2, 0.25) is 5.91 Å². The van der Waals surface area contributed by atoms with Gasteiger partial charge in [0.15, 0.2) is 0 Å². The van der Waals surface area contributed by atoms with Crippen molar-refractivity contribution < 1.29 is 4.79 Å². The monoisotopic (exact) mass is 220 g/mol. The van der Waals surface area contributed by atoms with E-state index in [2.05, 4.69) is 37.5 Å². The maximum atomic E-state index is 10.9. The Morgan fingerprint density at radius 1 is 1.25 bits per heavy atom. The zero-order chi connectivity index (χ0) is 12.1. The van der Waals surface area contributed by atoms with Gasteiger partial charge in [0.1, 0.15) is 0 Å². The summed E-state index contributed by atoms with van der Waals surface area (Å²) in [5.41, 5.74) is 2.03. The van der Waals surface area contributed by atoms with E-state index in [4.69, 9.17) is 0 Å². The number of benzene rings is 1. The molecule has 1 atom stereocenters. The minimum absolute atomic E-state index is 0.0402. The lowest BCUT2D eigenvalue weighted by atomic mass is 10.1. The maximum absolute atomic E-state index is 10.9. The summed E-state index contributed by atoms with van der Waals surface area (Å²) in [6, 6.07) is 8.65. The van der Waals surface area contributed by atoms with Gasteiger partial charge in [0.25, 0.3) is 0 Å². The van der Waals surface area contributed by atoms with Crippen LogP contribution in [0.1, 0.15) is 39.3 Å². The molecule has 0 heterocycles. The minimum atomic E-state index is -0.0402. The van der Waals surface area contributed by atoms with Gasteiger partial charge >= 0.3 is 0 Å². The summed E-state index contributed by atoms with van der Waals surface area (Å²) in [5.74, 6) is -0.0402. The number of anilines is 1. The highest BCUT2D eigenvalue weighted by Gasteiger charge is 2.07. The van der Waals surface area contributed by atoms with Crippen LogP contribution in [0.4, 0.5) is 5.69 Å². The molecule has 0 fully saturated rings. The molecule has 88 valence electrons. The third-order valence-electron chi connectivity index (χ3n) is 2.29. The highest BCUT2D eigenvalue weighted by atomic mass is 16.1. The lowest BCUT2D eigenvalue weighted by Gasteiger charge is -2.18. The SMILES string of the molecule is CC(=O)Nc1cccc(C(C)NC(C)C)c1. The molecule has 0 bridgehead atoms. The van der Waals surface area contributed by atoms with Crippen LogP contribution in [0, 0.1) is 0 Å². The maximum Gasteiger partial charge on any atom is 0.221 e. The fourth-order valence-electron chi connectivity index (χ4n) is 1.69. The average Bonchev–Trinajstić information content (AvgIpc) is 2.16. The minimum Gasteiger partial charge on any atom is -0.326 e. The first-order valence-electron chi connectivity index (χ1n) is 5.62. The Kier molecular flexibility index (Phi) is 4.50. The van der Waals surface area contributed by atoms with Crippen molar-refractivity contribution in [1.29, 1.82) is 0 Å². The third-order valence-corrected chi connectivity index (χ3v) is 2.29. The van der Waals surface area contributed by atoms with Crippen molar-refractivity contribution in [2.24, 2.45) is 0 Å². The number of nitrogens with one attached hydrogen (secondary N) is 2. The summed E-state index contributed by atoms with van der Waals surface area (Å²) in [4.78, 5) is 10.9. The van der Waals surface area contributed by atoms with Crippen LogP contribution in [0.15, 0.2) is 24.3 Å². The summed E-state index contributed by atoms with van der Waals surface area (Å²) >= 11 is 0. The van der Waals surface area contributed by atoms with Crippen LogP contribution in [0.25, 0.3) is 0 Å². The molecular formula is C13H20N2O. The molecule has 0 saturated heterocycles. The molecule has 1 rings (SSSR count). The van der Waals surface area contributed by atoms with Crippen molar-refractivity contribution >= 4 is 11.6 Å². The molecule has 0 aromatic heterocycles. The fourth-order valence-corrected chi connectivity index (χ4v) is 1.69. The van der Waals surface area contributed by atoms with E-state index < -0.39 is 0 Å². The molecule has 0 aliphatic heterocycles. The molecule has 1 aromatic rings. The van der Waals surface area contributed by atoms with Crippen LogP contribution in [-0.2, 0) is 4.79 Å². The number of rotatable bonds is 4. The Morgan fingerprint density at radius 2 is 1.94 bits per heavy atom. The Morgan fingerprint density at radius 3 is 2.50 bits per heavy atom. The van der Waals surface area contributed by atoms with Gasteiger partial charge in [0, 0.05) is 24.7 Å². The highest BCUT2D eigenvalue weighted by molar-refractivity contribution is 5.88. The molecule has 1 aromatic carbocycles. The Hall–Kier alpha value is -1.35. The molecule has 2 N–H and O–H groups in total. The lowest BCUT2D eigenvalue weighted by molar-refractivity contribution is -0.114. The standard InChI is InChI=1S/C13H20N2O/c1-9(2)14-10(3)12-6-5-7-13(8-12)15-11(4)16/h5-10,14H,1-4H3,(H,15,16). The van der Waals surface area contributed by atoms with Crippen LogP contribution in [0.2, 0.25) is 0 Å². The molecular weight excluding hydrogens is 200 g/mol. The second-order valence-corrected chi connectivity index (χ2v) is 4.35. The van der Waals surface area contributed by atoms with Crippen LogP contribution in [0.3, 0.4) is 0 Å². The number of hydrogen-bond donors (Lipinski definition) is 2. The first kappa shape index (κ1) is 12.7. The Bertz CT molecular complexity index is 361. The van der Waals surface area contributed by atoms with E-state index in [1.54, 1.807) is 0 Å². The van der Waals surface area contributed by atoms with Crippen LogP contribution >= 0.6 is 0 Å². The second-order valence-electron chi connectivity index (χ2n) is 4.35. The lowest BCUT2D eigenvalue weighted by Crippen LogP contribution is -2.26. The predicted molar refractivity (Wildman–Crippen MR) is 67.4 cm³/mol. The molecule has 3 nitrogen and oxygen atoms in total. The summed E-state index contributed by atoms with van der Waals surface area (Å²) in [7, 11) is 0. The van der Waals surface area contributed by atoms with Gasteiger partial charge in [-0.2, -0.15) is 0 Å². The van der Waals surface area contributed by atoms with Gasteiger partial charge in [-0.05, 0) is 24.6 Å². The summed E-state index contributed by atoms with van der Waals surface area (Å²) in [5, 5.41) is 6.21. The molecule has 0 spiro atoms. The summed E-state index contributed by atoms with van der Waals surface area (Å²) in [6.45, 7) is 7.87. The number of carbonyl (C=O) groups is 1. The van der Waals surface area contributed by atoms with Crippen molar-refractivity contribution in [3.05, 3.63) is 29.8 Å². The molecule has 0 radical (unpaired) electrons. The molecule has 3 heteroatoms. The van der Waals surface area contributed by atoms with Gasteiger partial charge in [-0.25, -0.2) is 0 Å². The van der Waals surface area contributed by atoms with Crippen LogP contribution in [0.5, 0.6) is 0 Å². The highest BCUT2D eigenvalue weighted by Crippen LogP contribution is 2.17. The molecule has 0 aliphatic carbocycles. The van der Waals surface area contributed by atoms with E-state index in [0.717, 1.165) is 5.69 Å². The quantitative estimate of drug-likeness (QED) is 0.819. The normalized spacial score (nSPS) is 12.6. The topological polar surface area (TPSA) is 41.1 Å². The molecule has 1 unspecified atom stereocenters. The van der Waals surface area contributed by atoms with E-state index in [1.807, 2.05) is 18.2 Å².